The van der Waals surface area contributed by atoms with Gasteiger partial charge in [-0.05, 0) is 31.6 Å². The van der Waals surface area contributed by atoms with Gasteiger partial charge in [0.1, 0.15) is 6.61 Å². The molecule has 0 heterocycles. The fraction of sp³-hybridized carbons (Fsp3) is 0.933. The molecular formula is C15H27NO2. The Morgan fingerprint density at radius 3 is 2.22 bits per heavy atom. The first kappa shape index (κ1) is 13.9. The highest BCUT2D eigenvalue weighted by molar-refractivity contribution is 5.77. The lowest BCUT2D eigenvalue weighted by atomic mass is 9.90. The molecule has 2 aliphatic carbocycles. The average Bonchev–Trinajstić information content (AvgIpc) is 2.41. The smallest absolute Gasteiger partial charge is 0.246 e. The van der Waals surface area contributed by atoms with Crippen molar-refractivity contribution in [3.05, 3.63) is 0 Å². The summed E-state index contributed by atoms with van der Waals surface area (Å²) in [6, 6.07) is 0.407. The maximum absolute atomic E-state index is 11.7. The molecule has 0 spiro atoms. The standard InChI is InChI=1S/C15H27NO2/c17-15(16-14-9-5-2-6-10-14)12-18-11-13-7-3-1-4-8-13/h13-14H,1-12H2,(H,16,17). The first-order valence-electron chi connectivity index (χ1n) is 7.71. The second kappa shape index (κ2) is 7.78. The Kier molecular flexibility index (Phi) is 5.98. The predicted octanol–water partition coefficient (Wildman–Crippen LogP) is 3.03. The van der Waals surface area contributed by atoms with Crippen molar-refractivity contribution in [2.45, 2.75) is 70.3 Å². The highest BCUT2D eigenvalue weighted by Gasteiger charge is 2.17. The van der Waals surface area contributed by atoms with Crippen molar-refractivity contribution in [3.8, 4) is 0 Å². The molecule has 0 atom stereocenters. The highest BCUT2D eigenvalue weighted by Crippen LogP contribution is 2.23. The summed E-state index contributed by atoms with van der Waals surface area (Å²) in [5.41, 5.74) is 0. The van der Waals surface area contributed by atoms with Gasteiger partial charge >= 0.3 is 0 Å². The van der Waals surface area contributed by atoms with Crippen LogP contribution in [-0.4, -0.2) is 25.2 Å². The maximum Gasteiger partial charge on any atom is 0.246 e. The van der Waals surface area contributed by atoms with E-state index in [1.54, 1.807) is 0 Å². The van der Waals surface area contributed by atoms with E-state index >= 15 is 0 Å². The Labute approximate surface area is 111 Å². The highest BCUT2D eigenvalue weighted by atomic mass is 16.5. The average molecular weight is 253 g/mol. The molecule has 104 valence electrons. The number of amides is 1. The van der Waals surface area contributed by atoms with Crippen LogP contribution in [0.2, 0.25) is 0 Å². The van der Waals surface area contributed by atoms with Crippen molar-refractivity contribution in [2.24, 2.45) is 5.92 Å². The van der Waals surface area contributed by atoms with E-state index in [2.05, 4.69) is 5.32 Å². The molecule has 0 radical (unpaired) electrons. The molecule has 0 aromatic carbocycles. The quantitative estimate of drug-likeness (QED) is 0.818. The van der Waals surface area contributed by atoms with Gasteiger partial charge in [0.25, 0.3) is 0 Å². The van der Waals surface area contributed by atoms with Gasteiger partial charge < -0.3 is 10.1 Å². The lowest BCUT2D eigenvalue weighted by Crippen LogP contribution is -2.38. The number of hydrogen-bond donors (Lipinski definition) is 1. The summed E-state index contributed by atoms with van der Waals surface area (Å²) in [6.45, 7) is 1.03. The van der Waals surface area contributed by atoms with Gasteiger partial charge in [-0.2, -0.15) is 0 Å². The van der Waals surface area contributed by atoms with Gasteiger partial charge in [-0.25, -0.2) is 0 Å². The molecule has 2 aliphatic rings. The fourth-order valence-corrected chi connectivity index (χ4v) is 3.19. The molecule has 0 aromatic rings. The van der Waals surface area contributed by atoms with Crippen molar-refractivity contribution in [3.63, 3.8) is 0 Å². The first-order chi connectivity index (χ1) is 8.84. The molecule has 0 aromatic heterocycles. The fourth-order valence-electron chi connectivity index (χ4n) is 3.19. The van der Waals surface area contributed by atoms with E-state index in [4.69, 9.17) is 4.74 Å². The molecule has 3 nitrogen and oxygen atoms in total. The first-order valence-corrected chi connectivity index (χ1v) is 7.71. The lowest BCUT2D eigenvalue weighted by molar-refractivity contribution is -0.127. The number of rotatable bonds is 5. The van der Waals surface area contributed by atoms with Crippen molar-refractivity contribution in [2.75, 3.05) is 13.2 Å². The normalized spacial score (nSPS) is 22.9. The van der Waals surface area contributed by atoms with Gasteiger partial charge in [0.05, 0.1) is 6.61 Å². The molecule has 2 fully saturated rings. The number of hydrogen-bond acceptors (Lipinski definition) is 2. The molecule has 0 unspecified atom stereocenters. The zero-order valence-electron chi connectivity index (χ0n) is 11.5. The van der Waals surface area contributed by atoms with Crippen LogP contribution in [0.1, 0.15) is 64.2 Å². The zero-order valence-corrected chi connectivity index (χ0v) is 11.5. The van der Waals surface area contributed by atoms with E-state index in [9.17, 15) is 4.79 Å². The van der Waals surface area contributed by atoms with E-state index in [1.165, 1.54) is 51.4 Å². The zero-order chi connectivity index (χ0) is 12.6. The van der Waals surface area contributed by atoms with Gasteiger partial charge in [0, 0.05) is 6.04 Å². The van der Waals surface area contributed by atoms with Crippen LogP contribution in [0.25, 0.3) is 0 Å². The summed E-state index contributed by atoms with van der Waals surface area (Å²) in [4.78, 5) is 11.7. The molecule has 2 saturated carbocycles. The molecule has 3 heteroatoms. The van der Waals surface area contributed by atoms with Crippen LogP contribution in [0, 0.1) is 5.92 Å². The summed E-state index contributed by atoms with van der Waals surface area (Å²) < 4.78 is 5.56. The molecule has 18 heavy (non-hydrogen) atoms. The molecular weight excluding hydrogens is 226 g/mol. The van der Waals surface area contributed by atoms with Gasteiger partial charge in [-0.1, -0.05) is 38.5 Å². The monoisotopic (exact) mass is 253 g/mol. The Morgan fingerprint density at radius 1 is 0.944 bits per heavy atom. The number of carbonyl (C=O) groups is 1. The summed E-state index contributed by atoms with van der Waals surface area (Å²) in [5.74, 6) is 0.777. The van der Waals surface area contributed by atoms with Crippen LogP contribution in [0.4, 0.5) is 0 Å². The van der Waals surface area contributed by atoms with Crippen LogP contribution in [0.5, 0.6) is 0 Å². The van der Waals surface area contributed by atoms with Crippen LogP contribution in [0.15, 0.2) is 0 Å². The predicted molar refractivity (Wildman–Crippen MR) is 72.4 cm³/mol. The minimum Gasteiger partial charge on any atom is -0.371 e. The van der Waals surface area contributed by atoms with Crippen LogP contribution >= 0.6 is 0 Å². The SMILES string of the molecule is O=C(COCC1CCCCC1)NC1CCCCC1. The minimum absolute atomic E-state index is 0.0812. The van der Waals surface area contributed by atoms with Crippen LogP contribution in [0.3, 0.4) is 0 Å². The summed E-state index contributed by atoms with van der Waals surface area (Å²) in [7, 11) is 0. The third-order valence-electron chi connectivity index (χ3n) is 4.28. The van der Waals surface area contributed by atoms with Crippen molar-refractivity contribution in [1.82, 2.24) is 5.32 Å². The molecule has 2 rings (SSSR count). The second-order valence-corrected chi connectivity index (χ2v) is 5.92. The Balaban J connectivity index is 1.53. The third-order valence-corrected chi connectivity index (χ3v) is 4.28. The van der Waals surface area contributed by atoms with E-state index in [0.717, 1.165) is 19.4 Å². The van der Waals surface area contributed by atoms with E-state index in [1.807, 2.05) is 0 Å². The van der Waals surface area contributed by atoms with Crippen LogP contribution in [-0.2, 0) is 9.53 Å². The Bertz CT molecular complexity index is 243. The number of carbonyl (C=O) groups excluding carboxylic acids is 1. The van der Waals surface area contributed by atoms with Gasteiger partial charge in [0.15, 0.2) is 0 Å². The molecule has 0 saturated heterocycles. The van der Waals surface area contributed by atoms with Gasteiger partial charge in [0.2, 0.25) is 5.91 Å². The van der Waals surface area contributed by atoms with Crippen molar-refractivity contribution in [1.29, 1.82) is 0 Å². The van der Waals surface area contributed by atoms with Crippen molar-refractivity contribution < 1.29 is 9.53 Å². The third kappa shape index (κ3) is 4.97. The molecule has 1 N–H and O–H groups in total. The summed E-state index contributed by atoms with van der Waals surface area (Å²) in [6.07, 6.45) is 12.7. The van der Waals surface area contributed by atoms with Gasteiger partial charge in [-0.3, -0.25) is 4.79 Å². The van der Waals surface area contributed by atoms with E-state index in [0.29, 0.717) is 12.0 Å². The maximum atomic E-state index is 11.7. The second-order valence-electron chi connectivity index (χ2n) is 5.92. The Hall–Kier alpha value is -0.570. The largest absolute Gasteiger partial charge is 0.371 e. The molecule has 1 amide bonds. The van der Waals surface area contributed by atoms with Gasteiger partial charge in [-0.15, -0.1) is 0 Å². The van der Waals surface area contributed by atoms with Crippen LogP contribution < -0.4 is 5.32 Å². The van der Waals surface area contributed by atoms with E-state index < -0.39 is 0 Å². The molecule has 0 aliphatic heterocycles. The topological polar surface area (TPSA) is 38.3 Å². The number of nitrogens with one attached hydrogen (secondary N) is 1. The summed E-state index contributed by atoms with van der Waals surface area (Å²) in [5, 5.41) is 3.09. The molecule has 0 bridgehead atoms. The lowest BCUT2D eigenvalue weighted by Gasteiger charge is -2.23. The summed E-state index contributed by atoms with van der Waals surface area (Å²) >= 11 is 0. The Morgan fingerprint density at radius 2 is 1.56 bits per heavy atom. The van der Waals surface area contributed by atoms with Crippen molar-refractivity contribution >= 4 is 5.91 Å². The number of ether oxygens (including phenoxy) is 1. The minimum atomic E-state index is 0.0812. The van der Waals surface area contributed by atoms with E-state index in [-0.39, 0.29) is 12.5 Å².